The molecule has 0 aromatic heterocycles. The molecular weight excluding hydrogens is 216 g/mol. The molecule has 0 unspecified atom stereocenters. The Balaban J connectivity index is 2.61. The average Bonchev–Trinajstić information content (AvgIpc) is 2.20. The first kappa shape index (κ1) is 12.4. The molecule has 0 saturated carbocycles. The number of nitrogens with zero attached hydrogens (tertiary/aromatic N) is 1. The fourth-order valence-electron chi connectivity index (χ4n) is 1.27. The van der Waals surface area contributed by atoms with Gasteiger partial charge in [-0.15, -0.1) is 0 Å². The Morgan fingerprint density at radius 3 is 2.62 bits per heavy atom. The molecule has 0 aliphatic heterocycles. The zero-order chi connectivity index (χ0) is 12.1. The van der Waals surface area contributed by atoms with Crippen molar-refractivity contribution in [1.29, 1.82) is 0 Å². The lowest BCUT2D eigenvalue weighted by Gasteiger charge is -2.16. The molecular formula is C11H13F2NO2. The number of halogens is 2. The summed E-state index contributed by atoms with van der Waals surface area (Å²) in [6.07, 6.45) is -2.62. The summed E-state index contributed by atoms with van der Waals surface area (Å²) >= 11 is 0. The van der Waals surface area contributed by atoms with Gasteiger partial charge < -0.3 is 10.0 Å². The van der Waals surface area contributed by atoms with Gasteiger partial charge in [0.2, 0.25) is 5.91 Å². The number of para-hydroxylation sites is 1. The molecule has 0 bridgehead atoms. The Labute approximate surface area is 92.3 Å². The van der Waals surface area contributed by atoms with Gasteiger partial charge in [0.1, 0.15) is 5.75 Å². The molecule has 16 heavy (non-hydrogen) atoms. The van der Waals surface area contributed by atoms with Crippen LogP contribution in [-0.2, 0) is 11.2 Å². The normalized spacial score (nSPS) is 10.5. The van der Waals surface area contributed by atoms with Gasteiger partial charge in [-0.2, -0.15) is 0 Å². The maximum absolute atomic E-state index is 12.0. The number of hydrogen-bond donors (Lipinski definition) is 1. The van der Waals surface area contributed by atoms with Crippen LogP contribution in [-0.4, -0.2) is 35.9 Å². The number of amides is 1. The quantitative estimate of drug-likeness (QED) is 0.853. The van der Waals surface area contributed by atoms with Crippen LogP contribution < -0.4 is 0 Å². The van der Waals surface area contributed by atoms with Crippen molar-refractivity contribution in [3.63, 3.8) is 0 Å². The molecule has 1 aromatic rings. The lowest BCUT2D eigenvalue weighted by Crippen LogP contribution is -2.32. The van der Waals surface area contributed by atoms with Crippen LogP contribution in [0.15, 0.2) is 24.3 Å². The summed E-state index contributed by atoms with van der Waals surface area (Å²) in [4.78, 5) is 12.4. The number of carbonyl (C=O) groups is 1. The van der Waals surface area contributed by atoms with Crippen molar-refractivity contribution in [2.45, 2.75) is 12.8 Å². The van der Waals surface area contributed by atoms with Gasteiger partial charge in [0.15, 0.2) is 0 Å². The molecule has 0 fully saturated rings. The minimum atomic E-state index is -2.54. The van der Waals surface area contributed by atoms with Crippen LogP contribution in [0, 0.1) is 0 Å². The fourth-order valence-corrected chi connectivity index (χ4v) is 1.27. The van der Waals surface area contributed by atoms with Crippen molar-refractivity contribution < 1.29 is 18.7 Å². The summed E-state index contributed by atoms with van der Waals surface area (Å²) in [7, 11) is 1.31. The third kappa shape index (κ3) is 3.49. The van der Waals surface area contributed by atoms with Gasteiger partial charge in [-0.1, -0.05) is 18.2 Å². The van der Waals surface area contributed by atoms with Crippen LogP contribution in [0.4, 0.5) is 8.78 Å². The van der Waals surface area contributed by atoms with E-state index < -0.39 is 18.9 Å². The SMILES string of the molecule is CN(CC(F)F)C(=O)Cc1ccccc1O. The molecule has 0 spiro atoms. The first-order valence-corrected chi connectivity index (χ1v) is 4.79. The maximum atomic E-state index is 12.0. The predicted molar refractivity (Wildman–Crippen MR) is 55.5 cm³/mol. The lowest BCUT2D eigenvalue weighted by atomic mass is 10.1. The highest BCUT2D eigenvalue weighted by Gasteiger charge is 2.15. The predicted octanol–water partition coefficient (Wildman–Crippen LogP) is 1.66. The molecule has 0 heterocycles. The van der Waals surface area contributed by atoms with E-state index >= 15 is 0 Å². The Morgan fingerprint density at radius 1 is 1.44 bits per heavy atom. The smallest absolute Gasteiger partial charge is 0.255 e. The van der Waals surface area contributed by atoms with Crippen LogP contribution >= 0.6 is 0 Å². The molecule has 1 aromatic carbocycles. The van der Waals surface area contributed by atoms with Gasteiger partial charge in [0.05, 0.1) is 13.0 Å². The number of phenolic OH excluding ortho intramolecular Hbond substituents is 1. The van der Waals surface area contributed by atoms with Gasteiger partial charge in [-0.25, -0.2) is 8.78 Å². The van der Waals surface area contributed by atoms with E-state index in [0.717, 1.165) is 4.90 Å². The number of aromatic hydroxyl groups is 1. The van der Waals surface area contributed by atoms with Crippen LogP contribution in [0.2, 0.25) is 0 Å². The topological polar surface area (TPSA) is 40.5 Å². The van der Waals surface area contributed by atoms with E-state index in [4.69, 9.17) is 0 Å². The Kier molecular flexibility index (Phi) is 4.22. The van der Waals surface area contributed by atoms with Gasteiger partial charge in [0.25, 0.3) is 6.43 Å². The third-order valence-electron chi connectivity index (χ3n) is 2.17. The van der Waals surface area contributed by atoms with Crippen LogP contribution in [0.5, 0.6) is 5.75 Å². The number of hydrogen-bond acceptors (Lipinski definition) is 2. The average molecular weight is 229 g/mol. The van der Waals surface area contributed by atoms with Gasteiger partial charge in [0, 0.05) is 12.6 Å². The second kappa shape index (κ2) is 5.44. The molecule has 0 saturated heterocycles. The fraction of sp³-hybridized carbons (Fsp3) is 0.364. The van der Waals surface area contributed by atoms with Crippen molar-refractivity contribution in [1.82, 2.24) is 4.90 Å². The summed E-state index contributed by atoms with van der Waals surface area (Å²) in [6.45, 7) is -0.591. The number of phenols is 1. The number of benzene rings is 1. The molecule has 0 radical (unpaired) electrons. The molecule has 1 N–H and O–H groups in total. The summed E-state index contributed by atoms with van der Waals surface area (Å²) in [5.41, 5.74) is 0.439. The molecule has 3 nitrogen and oxygen atoms in total. The highest BCUT2D eigenvalue weighted by molar-refractivity contribution is 5.79. The van der Waals surface area contributed by atoms with Gasteiger partial charge in [-0.05, 0) is 6.07 Å². The first-order chi connectivity index (χ1) is 7.50. The summed E-state index contributed by atoms with van der Waals surface area (Å²) < 4.78 is 24.0. The number of likely N-dealkylation sites (N-methyl/N-ethyl adjacent to an activating group) is 1. The number of alkyl halides is 2. The third-order valence-corrected chi connectivity index (χ3v) is 2.17. The summed E-state index contributed by atoms with van der Waals surface area (Å²) in [5, 5.41) is 9.40. The second-order valence-corrected chi connectivity index (χ2v) is 3.47. The van der Waals surface area contributed by atoms with Gasteiger partial charge in [-0.3, -0.25) is 4.79 Å². The molecule has 1 rings (SSSR count). The maximum Gasteiger partial charge on any atom is 0.255 e. The zero-order valence-corrected chi connectivity index (χ0v) is 8.86. The number of rotatable bonds is 4. The minimum Gasteiger partial charge on any atom is -0.508 e. The van der Waals surface area contributed by atoms with E-state index in [1.54, 1.807) is 18.2 Å². The van der Waals surface area contributed by atoms with Crippen molar-refractivity contribution in [2.75, 3.05) is 13.6 Å². The Bertz CT molecular complexity index is 369. The van der Waals surface area contributed by atoms with Crippen LogP contribution in [0.1, 0.15) is 5.56 Å². The molecule has 0 atom stereocenters. The van der Waals surface area contributed by atoms with E-state index in [-0.39, 0.29) is 12.2 Å². The number of carbonyl (C=O) groups excluding carboxylic acids is 1. The Hall–Kier alpha value is -1.65. The highest BCUT2D eigenvalue weighted by Crippen LogP contribution is 2.16. The van der Waals surface area contributed by atoms with Crippen molar-refractivity contribution in [3.05, 3.63) is 29.8 Å². The first-order valence-electron chi connectivity index (χ1n) is 4.79. The van der Waals surface area contributed by atoms with Crippen molar-refractivity contribution in [2.24, 2.45) is 0 Å². The monoisotopic (exact) mass is 229 g/mol. The zero-order valence-electron chi connectivity index (χ0n) is 8.86. The van der Waals surface area contributed by atoms with E-state index in [9.17, 15) is 18.7 Å². The second-order valence-electron chi connectivity index (χ2n) is 3.47. The molecule has 0 aliphatic carbocycles. The summed E-state index contributed by atoms with van der Waals surface area (Å²) in [6, 6.07) is 6.35. The Morgan fingerprint density at radius 2 is 2.06 bits per heavy atom. The van der Waals surface area contributed by atoms with E-state index in [1.807, 2.05) is 0 Å². The van der Waals surface area contributed by atoms with Crippen molar-refractivity contribution >= 4 is 5.91 Å². The molecule has 5 heteroatoms. The lowest BCUT2D eigenvalue weighted by molar-refractivity contribution is -0.130. The van der Waals surface area contributed by atoms with Crippen LogP contribution in [0.25, 0.3) is 0 Å². The molecule has 1 amide bonds. The minimum absolute atomic E-state index is 0.00120. The standard InChI is InChI=1S/C11H13F2NO2/c1-14(7-10(12)13)11(16)6-8-4-2-3-5-9(8)15/h2-5,10,15H,6-7H2,1H3. The largest absolute Gasteiger partial charge is 0.508 e. The summed E-state index contributed by atoms with van der Waals surface area (Å²) in [5.74, 6) is -0.442. The van der Waals surface area contributed by atoms with E-state index in [2.05, 4.69) is 0 Å². The highest BCUT2D eigenvalue weighted by atomic mass is 19.3. The van der Waals surface area contributed by atoms with Crippen molar-refractivity contribution in [3.8, 4) is 5.75 Å². The van der Waals surface area contributed by atoms with Crippen LogP contribution in [0.3, 0.4) is 0 Å². The van der Waals surface area contributed by atoms with E-state index in [0.29, 0.717) is 5.56 Å². The van der Waals surface area contributed by atoms with E-state index in [1.165, 1.54) is 13.1 Å². The van der Waals surface area contributed by atoms with Gasteiger partial charge >= 0.3 is 0 Å². The molecule has 0 aliphatic rings. The molecule has 88 valence electrons.